The van der Waals surface area contributed by atoms with Crippen molar-refractivity contribution in [3.63, 3.8) is 0 Å². The Morgan fingerprint density at radius 2 is 1.77 bits per heavy atom. The maximum atomic E-state index is 15.0. The van der Waals surface area contributed by atoms with E-state index in [0.29, 0.717) is 23.7 Å². The van der Waals surface area contributed by atoms with Crippen LogP contribution in [-0.4, -0.2) is 13.1 Å². The number of allylic oxidation sites excluding steroid dienone is 2. The third kappa shape index (κ3) is 6.11. The van der Waals surface area contributed by atoms with Crippen LogP contribution in [0.1, 0.15) is 80.5 Å². The lowest BCUT2D eigenvalue weighted by Gasteiger charge is -2.25. The van der Waals surface area contributed by atoms with Crippen LogP contribution in [0.25, 0.3) is 16.7 Å². The molecule has 2 aliphatic carbocycles. The molecule has 1 saturated carbocycles. The van der Waals surface area contributed by atoms with Crippen molar-refractivity contribution in [1.29, 1.82) is 0 Å². The number of hydrogen-bond acceptors (Lipinski definition) is 3. The van der Waals surface area contributed by atoms with Gasteiger partial charge in [0.1, 0.15) is 18.2 Å². The van der Waals surface area contributed by atoms with Gasteiger partial charge in [0.05, 0.1) is 13.5 Å². The van der Waals surface area contributed by atoms with E-state index < -0.39 is 12.2 Å². The van der Waals surface area contributed by atoms with Gasteiger partial charge in [-0.05, 0) is 101 Å². The molecule has 0 amide bonds. The third-order valence-electron chi connectivity index (χ3n) is 8.25. The Hall–Kier alpha value is -3.54. The second kappa shape index (κ2) is 11.5. The number of ether oxygens (including phenoxy) is 2. The van der Waals surface area contributed by atoms with Gasteiger partial charge in [-0.3, -0.25) is 4.79 Å². The van der Waals surface area contributed by atoms with E-state index in [1.165, 1.54) is 13.2 Å². The van der Waals surface area contributed by atoms with Gasteiger partial charge in [-0.1, -0.05) is 50.3 Å². The molecule has 0 N–H and O–H groups in total. The number of halogens is 3. The molecule has 0 spiro atoms. The standard InChI is InChI=1S/C34H35F3O3/c1-34(2)15-5-8-30(34)28-16-21(9-13-26(28)29-18-24(33(36)37)12-14-31(29)35)20-40-25-7-4-6-23(17-25)27(22-10-11-22)19-32(38)39-3/h4,6-9,12-14,16-18,22,27,33H,5,10-11,15,19-20H2,1-3H3. The number of methoxy groups -OCH3 is 1. The zero-order valence-corrected chi connectivity index (χ0v) is 23.2. The number of benzene rings is 3. The van der Waals surface area contributed by atoms with Gasteiger partial charge in [0.25, 0.3) is 6.43 Å². The summed E-state index contributed by atoms with van der Waals surface area (Å²) in [4.78, 5) is 12.0. The fourth-order valence-corrected chi connectivity index (χ4v) is 5.81. The van der Waals surface area contributed by atoms with E-state index in [9.17, 15) is 18.0 Å². The van der Waals surface area contributed by atoms with Gasteiger partial charge in [0.15, 0.2) is 0 Å². The maximum absolute atomic E-state index is 15.0. The predicted octanol–water partition coefficient (Wildman–Crippen LogP) is 9.27. The summed E-state index contributed by atoms with van der Waals surface area (Å²) in [5, 5.41) is 0. The van der Waals surface area contributed by atoms with E-state index in [0.717, 1.165) is 60.1 Å². The van der Waals surface area contributed by atoms with Crippen LogP contribution in [0.4, 0.5) is 13.2 Å². The first-order valence-corrected chi connectivity index (χ1v) is 13.9. The van der Waals surface area contributed by atoms with Crippen molar-refractivity contribution in [2.75, 3.05) is 7.11 Å². The first-order valence-electron chi connectivity index (χ1n) is 13.9. The number of carbonyl (C=O) groups excluding carboxylic acids is 1. The fraction of sp³-hybridized carbons (Fsp3) is 0.382. The highest BCUT2D eigenvalue weighted by molar-refractivity contribution is 5.85. The molecule has 0 heterocycles. The molecule has 3 aromatic carbocycles. The summed E-state index contributed by atoms with van der Waals surface area (Å²) < 4.78 is 53.1. The first-order chi connectivity index (χ1) is 19.2. The van der Waals surface area contributed by atoms with Crippen molar-refractivity contribution < 1.29 is 27.4 Å². The van der Waals surface area contributed by atoms with Crippen molar-refractivity contribution in [3.8, 4) is 16.9 Å². The Labute approximate surface area is 234 Å². The summed E-state index contributed by atoms with van der Waals surface area (Å²) >= 11 is 0. The molecule has 0 aliphatic heterocycles. The number of esters is 1. The second-order valence-corrected chi connectivity index (χ2v) is 11.5. The van der Waals surface area contributed by atoms with Crippen molar-refractivity contribution in [2.24, 2.45) is 11.3 Å². The maximum Gasteiger partial charge on any atom is 0.306 e. The van der Waals surface area contributed by atoms with Crippen molar-refractivity contribution in [2.45, 2.75) is 64.9 Å². The number of hydrogen-bond donors (Lipinski definition) is 0. The van der Waals surface area contributed by atoms with E-state index in [4.69, 9.17) is 9.47 Å². The smallest absolute Gasteiger partial charge is 0.306 e. The first kappa shape index (κ1) is 28.0. The molecule has 3 aromatic rings. The predicted molar refractivity (Wildman–Crippen MR) is 151 cm³/mol. The highest BCUT2D eigenvalue weighted by Gasteiger charge is 2.34. The van der Waals surface area contributed by atoms with E-state index in [2.05, 4.69) is 19.9 Å². The topological polar surface area (TPSA) is 35.5 Å². The van der Waals surface area contributed by atoms with Gasteiger partial charge in [-0.2, -0.15) is 0 Å². The quantitative estimate of drug-likeness (QED) is 0.237. The molecule has 210 valence electrons. The van der Waals surface area contributed by atoms with Crippen molar-refractivity contribution >= 4 is 11.5 Å². The van der Waals surface area contributed by atoms with Crippen LogP contribution in [0.2, 0.25) is 0 Å². The van der Waals surface area contributed by atoms with E-state index >= 15 is 0 Å². The third-order valence-corrected chi connectivity index (χ3v) is 8.25. The molecule has 5 rings (SSSR count). The van der Waals surface area contributed by atoms with Gasteiger partial charge in [0.2, 0.25) is 0 Å². The summed E-state index contributed by atoms with van der Waals surface area (Å²) in [5.74, 6) is 0.555. The average Bonchev–Trinajstić information content (AvgIpc) is 3.72. The summed E-state index contributed by atoms with van der Waals surface area (Å²) in [5.41, 5.74) is 4.33. The molecule has 0 aromatic heterocycles. The molecule has 0 saturated heterocycles. The van der Waals surface area contributed by atoms with Gasteiger partial charge < -0.3 is 9.47 Å². The van der Waals surface area contributed by atoms with Crippen LogP contribution in [-0.2, 0) is 16.1 Å². The lowest BCUT2D eigenvalue weighted by molar-refractivity contribution is -0.141. The van der Waals surface area contributed by atoms with E-state index in [-0.39, 0.29) is 35.0 Å². The normalized spacial score (nSPS) is 17.0. The van der Waals surface area contributed by atoms with Gasteiger partial charge >= 0.3 is 5.97 Å². The molecule has 1 unspecified atom stereocenters. The van der Waals surface area contributed by atoms with Crippen LogP contribution in [0.3, 0.4) is 0 Å². The largest absolute Gasteiger partial charge is 0.489 e. The van der Waals surface area contributed by atoms with Gasteiger partial charge in [-0.15, -0.1) is 0 Å². The van der Waals surface area contributed by atoms with Crippen LogP contribution in [0.15, 0.2) is 66.7 Å². The van der Waals surface area contributed by atoms with Gasteiger partial charge in [-0.25, -0.2) is 13.2 Å². The highest BCUT2D eigenvalue weighted by Crippen LogP contribution is 2.48. The molecule has 1 atom stereocenters. The molecule has 40 heavy (non-hydrogen) atoms. The minimum Gasteiger partial charge on any atom is -0.489 e. The summed E-state index contributed by atoms with van der Waals surface area (Å²) in [7, 11) is 1.41. The summed E-state index contributed by atoms with van der Waals surface area (Å²) in [6.07, 6.45) is 3.92. The zero-order valence-electron chi connectivity index (χ0n) is 23.2. The molecule has 6 heteroatoms. The average molecular weight is 549 g/mol. The summed E-state index contributed by atoms with van der Waals surface area (Å²) in [6, 6.07) is 17.1. The zero-order chi connectivity index (χ0) is 28.4. The Balaban J connectivity index is 1.44. The number of alkyl halides is 2. The van der Waals surface area contributed by atoms with E-state index in [1.807, 2.05) is 42.5 Å². The van der Waals surface area contributed by atoms with E-state index in [1.54, 1.807) is 0 Å². The molecule has 2 aliphatic rings. The molecule has 0 radical (unpaired) electrons. The SMILES string of the molecule is COC(=O)CC(c1cccc(OCc2ccc(-c3cc(C(F)F)ccc3F)c(C3=CCCC3(C)C)c2)c1)C1CC1. The van der Waals surface area contributed by atoms with Crippen LogP contribution < -0.4 is 4.74 Å². The minimum atomic E-state index is -2.68. The minimum absolute atomic E-state index is 0.109. The monoisotopic (exact) mass is 548 g/mol. The van der Waals surface area contributed by atoms with Gasteiger partial charge in [0, 0.05) is 11.1 Å². The van der Waals surface area contributed by atoms with Crippen LogP contribution in [0, 0.1) is 17.2 Å². The molecular weight excluding hydrogens is 513 g/mol. The molecule has 3 nitrogen and oxygen atoms in total. The second-order valence-electron chi connectivity index (χ2n) is 11.5. The van der Waals surface area contributed by atoms with Crippen LogP contribution >= 0.6 is 0 Å². The van der Waals surface area contributed by atoms with Crippen molar-refractivity contribution in [3.05, 3.63) is 94.8 Å². The Morgan fingerprint density at radius 3 is 2.45 bits per heavy atom. The molecule has 0 bridgehead atoms. The Morgan fingerprint density at radius 1 is 0.975 bits per heavy atom. The lowest BCUT2D eigenvalue weighted by Crippen LogP contribution is -2.11. The summed E-state index contributed by atoms with van der Waals surface area (Å²) in [6.45, 7) is 4.59. The van der Waals surface area contributed by atoms with Crippen molar-refractivity contribution in [1.82, 2.24) is 0 Å². The Bertz CT molecular complexity index is 1420. The molecular formula is C34H35F3O3. The number of rotatable bonds is 10. The lowest BCUT2D eigenvalue weighted by atomic mass is 9.79. The number of carbonyl (C=O) groups is 1. The Kier molecular flexibility index (Phi) is 8.07. The highest BCUT2D eigenvalue weighted by atomic mass is 19.3. The van der Waals surface area contributed by atoms with Crippen LogP contribution in [0.5, 0.6) is 5.75 Å². The fourth-order valence-electron chi connectivity index (χ4n) is 5.81. The molecule has 1 fully saturated rings.